The molecule has 2 aromatic rings. The maximum atomic E-state index is 12.4. The summed E-state index contributed by atoms with van der Waals surface area (Å²) in [6.45, 7) is 3.50. The Labute approximate surface area is 136 Å². The monoisotopic (exact) mass is 315 g/mol. The van der Waals surface area contributed by atoms with Gasteiger partial charge in [0.05, 0.1) is 6.54 Å². The molecule has 5 nitrogen and oxygen atoms in total. The van der Waals surface area contributed by atoms with Crippen molar-refractivity contribution in [3.05, 3.63) is 68.5 Å². The molecule has 0 bridgehead atoms. The van der Waals surface area contributed by atoms with Crippen LogP contribution in [0.4, 0.5) is 0 Å². The maximum absolute atomic E-state index is 12.4. The fraction of sp³-hybridized carbons (Fsp3) is 0.444. The molecule has 0 aliphatic carbocycles. The topological polar surface area (TPSA) is 47.2 Å². The van der Waals surface area contributed by atoms with Gasteiger partial charge in [-0.25, -0.2) is 4.79 Å². The standard InChI is InChI=1S/C18H25N3O2/c1-14(11-19(2)3)10-16-13-21(18(23)20(4)17(16)22)12-15-8-6-5-7-9-15/h5-9,13-14H,10-12H2,1-4H3. The second-order valence-electron chi connectivity index (χ2n) is 6.49. The molecule has 5 heteroatoms. The van der Waals surface area contributed by atoms with Gasteiger partial charge in [0.2, 0.25) is 0 Å². The number of benzene rings is 1. The highest BCUT2D eigenvalue weighted by molar-refractivity contribution is 5.16. The highest BCUT2D eigenvalue weighted by atomic mass is 16.2. The van der Waals surface area contributed by atoms with E-state index in [2.05, 4.69) is 11.8 Å². The Morgan fingerprint density at radius 3 is 2.39 bits per heavy atom. The third-order valence-corrected chi connectivity index (χ3v) is 3.86. The van der Waals surface area contributed by atoms with Gasteiger partial charge in [-0.05, 0) is 32.0 Å². The number of rotatable bonds is 6. The summed E-state index contributed by atoms with van der Waals surface area (Å²) in [7, 11) is 5.59. The van der Waals surface area contributed by atoms with E-state index >= 15 is 0 Å². The quantitative estimate of drug-likeness (QED) is 0.808. The maximum Gasteiger partial charge on any atom is 0.331 e. The van der Waals surface area contributed by atoms with Gasteiger partial charge in [0.15, 0.2) is 0 Å². The normalized spacial score (nSPS) is 12.6. The number of aromatic nitrogens is 2. The van der Waals surface area contributed by atoms with Crippen LogP contribution in [0.25, 0.3) is 0 Å². The van der Waals surface area contributed by atoms with Crippen LogP contribution in [0.1, 0.15) is 18.1 Å². The molecule has 0 N–H and O–H groups in total. The molecule has 0 aliphatic heterocycles. The summed E-state index contributed by atoms with van der Waals surface area (Å²) in [4.78, 5) is 26.8. The smallest absolute Gasteiger partial charge is 0.309 e. The minimum atomic E-state index is -0.275. The van der Waals surface area contributed by atoms with E-state index in [0.29, 0.717) is 24.4 Å². The van der Waals surface area contributed by atoms with Crippen LogP contribution >= 0.6 is 0 Å². The molecule has 0 saturated heterocycles. The summed E-state index contributed by atoms with van der Waals surface area (Å²) >= 11 is 0. The van der Waals surface area contributed by atoms with Crippen LogP contribution in [0.3, 0.4) is 0 Å². The van der Waals surface area contributed by atoms with E-state index < -0.39 is 0 Å². The van der Waals surface area contributed by atoms with Crippen molar-refractivity contribution in [2.75, 3.05) is 20.6 Å². The first-order valence-electron chi connectivity index (χ1n) is 7.86. The molecule has 23 heavy (non-hydrogen) atoms. The van der Waals surface area contributed by atoms with E-state index in [1.54, 1.807) is 17.8 Å². The summed E-state index contributed by atoms with van der Waals surface area (Å²) in [6.07, 6.45) is 2.39. The van der Waals surface area contributed by atoms with Crippen LogP contribution in [-0.4, -0.2) is 34.7 Å². The first kappa shape index (κ1) is 17.2. The van der Waals surface area contributed by atoms with Crippen molar-refractivity contribution in [2.24, 2.45) is 13.0 Å². The van der Waals surface area contributed by atoms with Gasteiger partial charge >= 0.3 is 5.69 Å². The Morgan fingerprint density at radius 1 is 1.13 bits per heavy atom. The van der Waals surface area contributed by atoms with Crippen LogP contribution in [0, 0.1) is 5.92 Å². The molecule has 2 rings (SSSR count). The zero-order chi connectivity index (χ0) is 17.0. The third kappa shape index (κ3) is 4.42. The minimum Gasteiger partial charge on any atom is -0.309 e. The molecule has 1 heterocycles. The Morgan fingerprint density at radius 2 is 1.78 bits per heavy atom. The van der Waals surface area contributed by atoms with Crippen molar-refractivity contribution >= 4 is 0 Å². The van der Waals surface area contributed by atoms with Crippen LogP contribution in [0.2, 0.25) is 0 Å². The van der Waals surface area contributed by atoms with Gasteiger partial charge in [0.1, 0.15) is 0 Å². The molecule has 124 valence electrons. The largest absolute Gasteiger partial charge is 0.331 e. The number of hydrogen-bond acceptors (Lipinski definition) is 3. The molecule has 0 saturated carbocycles. The van der Waals surface area contributed by atoms with Gasteiger partial charge in [-0.1, -0.05) is 37.3 Å². The highest BCUT2D eigenvalue weighted by Crippen LogP contribution is 2.06. The second-order valence-corrected chi connectivity index (χ2v) is 6.49. The van der Waals surface area contributed by atoms with Gasteiger partial charge in [0, 0.05) is 25.4 Å². The van der Waals surface area contributed by atoms with Crippen molar-refractivity contribution in [1.29, 1.82) is 0 Å². The van der Waals surface area contributed by atoms with Gasteiger partial charge in [-0.2, -0.15) is 0 Å². The van der Waals surface area contributed by atoms with Crippen LogP contribution in [0.15, 0.2) is 46.1 Å². The minimum absolute atomic E-state index is 0.190. The van der Waals surface area contributed by atoms with E-state index in [9.17, 15) is 9.59 Å². The van der Waals surface area contributed by atoms with E-state index in [4.69, 9.17) is 0 Å². The lowest BCUT2D eigenvalue weighted by molar-refractivity contribution is 0.337. The Bertz CT molecular complexity index is 760. The molecular formula is C18H25N3O2. The van der Waals surface area contributed by atoms with Crippen LogP contribution < -0.4 is 11.2 Å². The fourth-order valence-corrected chi connectivity index (χ4v) is 2.89. The number of nitrogens with zero attached hydrogens (tertiary/aromatic N) is 3. The molecule has 0 aliphatic rings. The van der Waals surface area contributed by atoms with E-state index in [1.165, 1.54) is 4.57 Å². The average molecular weight is 315 g/mol. The molecule has 0 radical (unpaired) electrons. The predicted molar refractivity (Wildman–Crippen MR) is 92.9 cm³/mol. The zero-order valence-corrected chi connectivity index (χ0v) is 14.3. The number of hydrogen-bond donors (Lipinski definition) is 0. The van der Waals surface area contributed by atoms with E-state index in [-0.39, 0.29) is 11.2 Å². The van der Waals surface area contributed by atoms with Gasteiger partial charge in [-0.3, -0.25) is 13.9 Å². The lowest BCUT2D eigenvalue weighted by Gasteiger charge is -2.17. The van der Waals surface area contributed by atoms with E-state index in [1.807, 2.05) is 44.4 Å². The molecule has 0 amide bonds. The SMILES string of the molecule is CC(Cc1cn(Cc2ccccc2)c(=O)n(C)c1=O)CN(C)C. The lowest BCUT2D eigenvalue weighted by Crippen LogP contribution is -2.40. The molecule has 1 aromatic carbocycles. The first-order chi connectivity index (χ1) is 10.9. The van der Waals surface area contributed by atoms with Crippen molar-refractivity contribution in [1.82, 2.24) is 14.0 Å². The van der Waals surface area contributed by atoms with Gasteiger partial charge < -0.3 is 4.90 Å². The summed E-state index contributed by atoms with van der Waals surface area (Å²) in [5.74, 6) is 0.348. The van der Waals surface area contributed by atoms with Crippen LogP contribution in [-0.2, 0) is 20.0 Å². The molecule has 1 unspecified atom stereocenters. The van der Waals surface area contributed by atoms with Crippen molar-refractivity contribution in [2.45, 2.75) is 19.9 Å². The summed E-state index contributed by atoms with van der Waals surface area (Å²) in [6, 6.07) is 9.80. The van der Waals surface area contributed by atoms with Crippen molar-refractivity contribution in [3.8, 4) is 0 Å². The zero-order valence-electron chi connectivity index (χ0n) is 14.3. The summed E-state index contributed by atoms with van der Waals surface area (Å²) in [5, 5.41) is 0. The second kappa shape index (κ2) is 7.42. The average Bonchev–Trinajstić information content (AvgIpc) is 2.50. The Hall–Kier alpha value is -2.14. The van der Waals surface area contributed by atoms with Crippen molar-refractivity contribution in [3.63, 3.8) is 0 Å². The van der Waals surface area contributed by atoms with Gasteiger partial charge in [-0.15, -0.1) is 0 Å². The van der Waals surface area contributed by atoms with Crippen LogP contribution in [0.5, 0.6) is 0 Å². The summed E-state index contributed by atoms with van der Waals surface area (Å²) in [5.41, 5.74) is 1.27. The summed E-state index contributed by atoms with van der Waals surface area (Å²) < 4.78 is 2.83. The highest BCUT2D eigenvalue weighted by Gasteiger charge is 2.13. The molecule has 1 aromatic heterocycles. The first-order valence-corrected chi connectivity index (χ1v) is 7.86. The fourth-order valence-electron chi connectivity index (χ4n) is 2.89. The third-order valence-electron chi connectivity index (χ3n) is 3.86. The molecule has 1 atom stereocenters. The lowest BCUT2D eigenvalue weighted by atomic mass is 10.0. The Kier molecular flexibility index (Phi) is 5.55. The van der Waals surface area contributed by atoms with E-state index in [0.717, 1.165) is 12.1 Å². The predicted octanol–water partition coefficient (Wildman–Crippen LogP) is 1.34. The molecule has 0 fully saturated rings. The van der Waals surface area contributed by atoms with Gasteiger partial charge in [0.25, 0.3) is 5.56 Å². The molecular weight excluding hydrogens is 290 g/mol. The molecule has 0 spiro atoms. The Balaban J connectivity index is 2.33. The van der Waals surface area contributed by atoms with Crippen molar-refractivity contribution < 1.29 is 0 Å².